The summed E-state index contributed by atoms with van der Waals surface area (Å²) in [7, 11) is 0. The lowest BCUT2D eigenvalue weighted by Gasteiger charge is -2.14. The Bertz CT molecular complexity index is 673. The van der Waals surface area contributed by atoms with E-state index in [1.807, 2.05) is 23.9 Å². The van der Waals surface area contributed by atoms with Gasteiger partial charge in [0, 0.05) is 30.2 Å². The minimum absolute atomic E-state index is 0.101. The van der Waals surface area contributed by atoms with Crippen molar-refractivity contribution < 1.29 is 14.0 Å². The van der Waals surface area contributed by atoms with Crippen LogP contribution in [0.1, 0.15) is 30.9 Å². The Morgan fingerprint density at radius 2 is 2.39 bits per heavy atom. The maximum Gasteiger partial charge on any atom is 0.217 e. The molecule has 0 bridgehead atoms. The van der Waals surface area contributed by atoms with Crippen LogP contribution >= 0.6 is 11.8 Å². The number of nitrogens with one attached hydrogen (secondary N) is 1. The summed E-state index contributed by atoms with van der Waals surface area (Å²) in [6.45, 7) is 1.87. The Kier molecular flexibility index (Phi) is 5.00. The van der Waals surface area contributed by atoms with Crippen LogP contribution < -0.4 is 5.32 Å². The highest BCUT2D eigenvalue weighted by atomic mass is 32.2. The second-order valence-electron chi connectivity index (χ2n) is 5.66. The topological polar surface area (TPSA) is 50.7 Å². The van der Waals surface area contributed by atoms with Gasteiger partial charge in [-0.3, -0.25) is 4.79 Å². The summed E-state index contributed by atoms with van der Waals surface area (Å²) in [5, 5.41) is 6.73. The lowest BCUT2D eigenvalue weighted by molar-refractivity contribution is -0.119. The number of rotatable bonds is 4. The van der Waals surface area contributed by atoms with Gasteiger partial charge in [0.2, 0.25) is 5.91 Å². The summed E-state index contributed by atoms with van der Waals surface area (Å²) in [4.78, 5) is 16.2. The summed E-state index contributed by atoms with van der Waals surface area (Å²) < 4.78 is 14.4. The van der Waals surface area contributed by atoms with E-state index >= 15 is 0 Å². The molecule has 0 fully saturated rings. The number of benzene rings is 1. The van der Waals surface area contributed by atoms with E-state index in [2.05, 4.69) is 16.5 Å². The van der Waals surface area contributed by atoms with Crippen molar-refractivity contribution in [2.24, 2.45) is 5.16 Å². The van der Waals surface area contributed by atoms with E-state index in [0.717, 1.165) is 34.8 Å². The van der Waals surface area contributed by atoms with Crippen LogP contribution in [0.5, 0.6) is 0 Å². The summed E-state index contributed by atoms with van der Waals surface area (Å²) in [5.74, 6) is 1.67. The number of oxime groups is 1. The van der Waals surface area contributed by atoms with Crippen molar-refractivity contribution in [1.29, 1.82) is 0 Å². The Morgan fingerprint density at radius 1 is 1.52 bits per heavy atom. The van der Waals surface area contributed by atoms with Gasteiger partial charge in [-0.1, -0.05) is 23.4 Å². The SMILES string of the molecule is CC(=O)NCC1CC(c2ccc(C3=CCSCC3)c(F)c2)=NO1. The van der Waals surface area contributed by atoms with Crippen LogP contribution in [-0.4, -0.2) is 35.8 Å². The zero-order valence-corrected chi connectivity index (χ0v) is 13.8. The molecule has 0 aliphatic carbocycles. The first-order chi connectivity index (χ1) is 11.1. The third kappa shape index (κ3) is 3.93. The van der Waals surface area contributed by atoms with Crippen LogP contribution in [0.4, 0.5) is 4.39 Å². The van der Waals surface area contributed by atoms with Crippen LogP contribution in [0.15, 0.2) is 29.4 Å². The van der Waals surface area contributed by atoms with Crippen LogP contribution in [0, 0.1) is 5.82 Å². The molecule has 23 heavy (non-hydrogen) atoms. The molecule has 2 aliphatic heterocycles. The third-order valence-electron chi connectivity index (χ3n) is 3.92. The first kappa shape index (κ1) is 16.1. The second-order valence-corrected chi connectivity index (χ2v) is 6.81. The van der Waals surface area contributed by atoms with E-state index in [1.165, 1.54) is 13.0 Å². The smallest absolute Gasteiger partial charge is 0.217 e. The number of nitrogens with zero attached hydrogens (tertiary/aromatic N) is 1. The molecule has 1 N–H and O–H groups in total. The number of amides is 1. The van der Waals surface area contributed by atoms with Gasteiger partial charge >= 0.3 is 0 Å². The highest BCUT2D eigenvalue weighted by Crippen LogP contribution is 2.29. The first-order valence-corrected chi connectivity index (χ1v) is 8.83. The molecule has 0 radical (unpaired) electrons. The van der Waals surface area contributed by atoms with Gasteiger partial charge in [0.25, 0.3) is 0 Å². The molecule has 1 aromatic carbocycles. The zero-order valence-electron chi connectivity index (χ0n) is 13.0. The number of allylic oxidation sites excluding steroid dienone is 1. The largest absolute Gasteiger partial charge is 0.390 e. The number of halogens is 1. The molecule has 1 amide bonds. The molecule has 0 aromatic heterocycles. The van der Waals surface area contributed by atoms with Gasteiger partial charge in [0.15, 0.2) is 0 Å². The van der Waals surface area contributed by atoms with Gasteiger partial charge < -0.3 is 10.2 Å². The van der Waals surface area contributed by atoms with Crippen molar-refractivity contribution >= 4 is 29.0 Å². The van der Waals surface area contributed by atoms with E-state index in [0.29, 0.717) is 18.5 Å². The minimum atomic E-state index is -0.214. The van der Waals surface area contributed by atoms with Gasteiger partial charge in [0.05, 0.1) is 12.3 Å². The predicted molar refractivity (Wildman–Crippen MR) is 91.0 cm³/mol. The highest BCUT2D eigenvalue weighted by Gasteiger charge is 2.23. The molecule has 122 valence electrons. The summed E-state index contributed by atoms with van der Waals surface area (Å²) >= 11 is 1.87. The van der Waals surface area contributed by atoms with E-state index in [1.54, 1.807) is 0 Å². The lowest BCUT2D eigenvalue weighted by atomic mass is 9.98. The van der Waals surface area contributed by atoms with Crippen molar-refractivity contribution in [3.63, 3.8) is 0 Å². The molecule has 3 rings (SSSR count). The van der Waals surface area contributed by atoms with Crippen molar-refractivity contribution in [3.05, 3.63) is 41.2 Å². The number of carbonyl (C=O) groups excluding carboxylic acids is 1. The Hall–Kier alpha value is -1.82. The fourth-order valence-corrected chi connectivity index (χ4v) is 3.54. The molecule has 6 heteroatoms. The Morgan fingerprint density at radius 3 is 3.09 bits per heavy atom. The quantitative estimate of drug-likeness (QED) is 0.921. The van der Waals surface area contributed by atoms with E-state index in [9.17, 15) is 9.18 Å². The van der Waals surface area contributed by atoms with E-state index in [4.69, 9.17) is 4.84 Å². The number of thioether (sulfide) groups is 1. The van der Waals surface area contributed by atoms with Crippen LogP contribution in [0.2, 0.25) is 0 Å². The number of hydrogen-bond donors (Lipinski definition) is 1. The monoisotopic (exact) mass is 334 g/mol. The van der Waals surface area contributed by atoms with Crippen LogP contribution in [0.3, 0.4) is 0 Å². The standard InChI is InChI=1S/C17H19FN2O2S/c1-11(21)19-10-14-9-17(20-22-14)13-2-3-15(16(18)8-13)12-4-6-23-7-5-12/h2-4,8,14H,5-7,9-10H2,1H3,(H,19,21). The molecule has 1 aromatic rings. The average Bonchev–Trinajstić information content (AvgIpc) is 3.02. The Balaban J connectivity index is 1.69. The molecular weight excluding hydrogens is 315 g/mol. The molecule has 0 saturated heterocycles. The predicted octanol–water partition coefficient (Wildman–Crippen LogP) is 2.98. The normalized spacial score (nSPS) is 20.5. The van der Waals surface area contributed by atoms with Gasteiger partial charge in [-0.15, -0.1) is 0 Å². The van der Waals surface area contributed by atoms with E-state index in [-0.39, 0.29) is 17.8 Å². The van der Waals surface area contributed by atoms with Crippen molar-refractivity contribution in [1.82, 2.24) is 5.32 Å². The first-order valence-electron chi connectivity index (χ1n) is 7.67. The van der Waals surface area contributed by atoms with Gasteiger partial charge in [-0.05, 0) is 23.8 Å². The molecular formula is C17H19FN2O2S. The molecule has 0 spiro atoms. The fraction of sp³-hybridized carbons (Fsp3) is 0.412. The molecule has 2 heterocycles. The fourth-order valence-electron chi connectivity index (χ4n) is 2.69. The summed E-state index contributed by atoms with van der Waals surface area (Å²) in [6.07, 6.45) is 3.39. The van der Waals surface area contributed by atoms with Crippen molar-refractivity contribution in [3.8, 4) is 0 Å². The molecule has 2 aliphatic rings. The maximum absolute atomic E-state index is 14.4. The number of hydrogen-bond acceptors (Lipinski definition) is 4. The Labute approximate surface area is 139 Å². The van der Waals surface area contributed by atoms with Crippen LogP contribution in [-0.2, 0) is 9.63 Å². The van der Waals surface area contributed by atoms with E-state index < -0.39 is 0 Å². The number of carbonyl (C=O) groups is 1. The third-order valence-corrected chi connectivity index (χ3v) is 4.82. The molecule has 1 unspecified atom stereocenters. The maximum atomic E-state index is 14.4. The summed E-state index contributed by atoms with van der Waals surface area (Å²) in [6, 6.07) is 5.25. The second kappa shape index (κ2) is 7.17. The van der Waals surface area contributed by atoms with Gasteiger partial charge in [0.1, 0.15) is 11.9 Å². The van der Waals surface area contributed by atoms with Gasteiger partial charge in [-0.2, -0.15) is 11.8 Å². The molecule has 1 atom stereocenters. The van der Waals surface area contributed by atoms with Crippen molar-refractivity contribution in [2.75, 3.05) is 18.1 Å². The molecule has 0 saturated carbocycles. The summed E-state index contributed by atoms with van der Waals surface area (Å²) in [5.41, 5.74) is 3.23. The highest BCUT2D eigenvalue weighted by molar-refractivity contribution is 7.99. The zero-order chi connectivity index (χ0) is 16.2. The molecule has 4 nitrogen and oxygen atoms in total. The van der Waals surface area contributed by atoms with Gasteiger partial charge in [-0.25, -0.2) is 4.39 Å². The van der Waals surface area contributed by atoms with Crippen LogP contribution in [0.25, 0.3) is 5.57 Å². The lowest BCUT2D eigenvalue weighted by Crippen LogP contribution is -2.30. The average molecular weight is 334 g/mol. The minimum Gasteiger partial charge on any atom is -0.390 e. The van der Waals surface area contributed by atoms with Crippen molar-refractivity contribution in [2.45, 2.75) is 25.9 Å².